The van der Waals surface area contributed by atoms with Crippen LogP contribution < -0.4 is 9.64 Å². The molecule has 0 aliphatic rings. The predicted octanol–water partition coefficient (Wildman–Crippen LogP) is 2.54. The Hall–Kier alpha value is -2.83. The molecule has 0 saturated heterocycles. The van der Waals surface area contributed by atoms with Gasteiger partial charge < -0.3 is 19.3 Å². The zero-order chi connectivity index (χ0) is 17.0. The summed E-state index contributed by atoms with van der Waals surface area (Å²) in [5.41, 5.74) is 0.870. The van der Waals surface area contributed by atoms with Gasteiger partial charge in [-0.05, 0) is 24.3 Å². The number of benzene rings is 1. The second-order valence-electron chi connectivity index (χ2n) is 5.31. The zero-order valence-corrected chi connectivity index (χ0v) is 13.1. The fraction of sp³-hybridized carbons (Fsp3) is 0.312. The lowest BCUT2D eigenvalue weighted by Crippen LogP contribution is -2.26. The van der Waals surface area contributed by atoms with Gasteiger partial charge in [-0.15, -0.1) is 0 Å². The van der Waals surface area contributed by atoms with Crippen LogP contribution >= 0.6 is 0 Å². The maximum atomic E-state index is 12.4. The quantitative estimate of drug-likeness (QED) is 0.880. The van der Waals surface area contributed by atoms with Crippen LogP contribution in [0.4, 0.5) is 5.69 Å². The van der Waals surface area contributed by atoms with Gasteiger partial charge in [0.25, 0.3) is 5.91 Å². The van der Waals surface area contributed by atoms with Crippen molar-refractivity contribution in [3.63, 3.8) is 0 Å². The highest BCUT2D eigenvalue weighted by Crippen LogP contribution is 2.21. The van der Waals surface area contributed by atoms with Crippen molar-refractivity contribution >= 4 is 17.6 Å². The van der Waals surface area contributed by atoms with Crippen LogP contribution in [0.5, 0.6) is 5.75 Å². The van der Waals surface area contributed by atoms with Crippen LogP contribution in [0.1, 0.15) is 36.0 Å². The number of carbonyl (C=O) groups is 2. The van der Waals surface area contributed by atoms with Gasteiger partial charge in [0, 0.05) is 24.7 Å². The number of carboxylic acid groups (broad SMARTS) is 1. The lowest BCUT2D eigenvalue weighted by molar-refractivity contribution is -0.139. The van der Waals surface area contributed by atoms with E-state index in [9.17, 15) is 9.59 Å². The number of hydrogen-bond acceptors (Lipinski definition) is 5. The van der Waals surface area contributed by atoms with E-state index in [0.717, 1.165) is 0 Å². The Morgan fingerprint density at radius 1 is 1.30 bits per heavy atom. The number of aliphatic carboxylic acids is 1. The Morgan fingerprint density at radius 3 is 2.48 bits per heavy atom. The third-order valence-corrected chi connectivity index (χ3v) is 3.21. The number of aromatic nitrogens is 1. The van der Waals surface area contributed by atoms with Gasteiger partial charge in [-0.3, -0.25) is 4.79 Å². The Morgan fingerprint density at radius 2 is 1.96 bits per heavy atom. The molecular formula is C16H18N2O5. The molecule has 1 heterocycles. The van der Waals surface area contributed by atoms with Crippen molar-refractivity contribution < 1.29 is 24.0 Å². The fourth-order valence-electron chi connectivity index (χ4n) is 1.86. The maximum Gasteiger partial charge on any atom is 0.341 e. The Kier molecular flexibility index (Phi) is 5.00. The second kappa shape index (κ2) is 6.95. The molecule has 0 fully saturated rings. The highest BCUT2D eigenvalue weighted by Gasteiger charge is 2.19. The van der Waals surface area contributed by atoms with Crippen molar-refractivity contribution in [3.8, 4) is 5.75 Å². The molecule has 23 heavy (non-hydrogen) atoms. The van der Waals surface area contributed by atoms with Gasteiger partial charge in [0.15, 0.2) is 12.3 Å². The van der Waals surface area contributed by atoms with Crippen molar-refractivity contribution in [2.24, 2.45) is 0 Å². The molecule has 0 aliphatic carbocycles. The molecule has 2 rings (SSSR count). The SMILES string of the molecule is CC(C)c1cc(C(=O)N(C)c2ccc(OCC(=O)O)cc2)no1. The highest BCUT2D eigenvalue weighted by atomic mass is 16.5. The van der Waals surface area contributed by atoms with Crippen LogP contribution in [0, 0.1) is 0 Å². The molecule has 2 aromatic rings. The van der Waals surface area contributed by atoms with E-state index >= 15 is 0 Å². The average Bonchev–Trinajstić information content (AvgIpc) is 3.02. The summed E-state index contributed by atoms with van der Waals surface area (Å²) in [5.74, 6) is -0.118. The molecule has 7 heteroatoms. The zero-order valence-electron chi connectivity index (χ0n) is 13.1. The molecular weight excluding hydrogens is 300 g/mol. The molecule has 1 aromatic heterocycles. The van der Waals surface area contributed by atoms with Gasteiger partial charge >= 0.3 is 5.97 Å². The van der Waals surface area contributed by atoms with Gasteiger partial charge in [-0.25, -0.2) is 4.79 Å². The van der Waals surface area contributed by atoms with Crippen LogP contribution in [0.3, 0.4) is 0 Å². The van der Waals surface area contributed by atoms with Gasteiger partial charge in [0.1, 0.15) is 11.5 Å². The van der Waals surface area contributed by atoms with Crippen LogP contribution in [-0.4, -0.2) is 35.8 Å². The first-order valence-corrected chi connectivity index (χ1v) is 7.08. The van der Waals surface area contributed by atoms with E-state index in [1.807, 2.05) is 13.8 Å². The number of rotatable bonds is 6. The molecule has 0 saturated carbocycles. The number of carbonyl (C=O) groups excluding carboxylic acids is 1. The Bertz CT molecular complexity index is 691. The predicted molar refractivity (Wildman–Crippen MR) is 82.9 cm³/mol. The van der Waals surface area contributed by atoms with Gasteiger partial charge in [0.05, 0.1) is 0 Å². The minimum atomic E-state index is -1.05. The van der Waals surface area contributed by atoms with E-state index < -0.39 is 12.6 Å². The number of ether oxygens (including phenoxy) is 1. The molecule has 0 bridgehead atoms. The molecule has 122 valence electrons. The molecule has 0 radical (unpaired) electrons. The van der Waals surface area contributed by atoms with Gasteiger partial charge in [0.2, 0.25) is 0 Å². The van der Waals surface area contributed by atoms with E-state index in [-0.39, 0.29) is 17.5 Å². The summed E-state index contributed by atoms with van der Waals surface area (Å²) in [4.78, 5) is 24.3. The minimum absolute atomic E-state index is 0.153. The maximum absolute atomic E-state index is 12.4. The van der Waals surface area contributed by atoms with Crippen molar-refractivity contribution in [1.82, 2.24) is 5.16 Å². The molecule has 1 aromatic carbocycles. The van der Waals surface area contributed by atoms with Crippen LogP contribution in [0.15, 0.2) is 34.9 Å². The largest absolute Gasteiger partial charge is 0.482 e. The molecule has 1 N–H and O–H groups in total. The van der Waals surface area contributed by atoms with E-state index in [4.69, 9.17) is 14.4 Å². The lowest BCUT2D eigenvalue weighted by atomic mass is 10.1. The first-order valence-electron chi connectivity index (χ1n) is 7.08. The summed E-state index contributed by atoms with van der Waals surface area (Å²) in [6.45, 7) is 3.49. The van der Waals surface area contributed by atoms with Crippen molar-refractivity contribution in [2.45, 2.75) is 19.8 Å². The summed E-state index contributed by atoms with van der Waals surface area (Å²) >= 11 is 0. The standard InChI is InChI=1S/C16H18N2O5/c1-10(2)14-8-13(17-23-14)16(21)18(3)11-4-6-12(7-5-11)22-9-15(19)20/h4-8,10H,9H2,1-3H3,(H,19,20). The number of nitrogens with zero attached hydrogens (tertiary/aromatic N) is 2. The van der Waals surface area contributed by atoms with E-state index in [1.54, 1.807) is 37.4 Å². The monoisotopic (exact) mass is 318 g/mol. The normalized spacial score (nSPS) is 10.6. The summed E-state index contributed by atoms with van der Waals surface area (Å²) in [6, 6.07) is 8.17. The smallest absolute Gasteiger partial charge is 0.341 e. The number of hydrogen-bond donors (Lipinski definition) is 1. The first-order chi connectivity index (χ1) is 10.9. The van der Waals surface area contributed by atoms with Crippen LogP contribution in [-0.2, 0) is 4.79 Å². The van der Waals surface area contributed by atoms with Gasteiger partial charge in [-0.1, -0.05) is 19.0 Å². The molecule has 0 unspecified atom stereocenters. The van der Waals surface area contributed by atoms with E-state index in [1.165, 1.54) is 4.90 Å². The van der Waals surface area contributed by atoms with E-state index in [2.05, 4.69) is 5.16 Å². The fourth-order valence-corrected chi connectivity index (χ4v) is 1.86. The topological polar surface area (TPSA) is 92.9 Å². The number of amides is 1. The molecule has 0 atom stereocenters. The third kappa shape index (κ3) is 4.09. The van der Waals surface area contributed by atoms with Crippen molar-refractivity contribution in [3.05, 3.63) is 41.8 Å². The van der Waals surface area contributed by atoms with Crippen LogP contribution in [0.25, 0.3) is 0 Å². The molecule has 0 aliphatic heterocycles. The second-order valence-corrected chi connectivity index (χ2v) is 5.31. The van der Waals surface area contributed by atoms with Gasteiger partial charge in [-0.2, -0.15) is 0 Å². The number of anilines is 1. The average molecular weight is 318 g/mol. The summed E-state index contributed by atoms with van der Waals surface area (Å²) < 4.78 is 10.2. The Balaban J connectivity index is 2.07. The van der Waals surface area contributed by atoms with E-state index in [0.29, 0.717) is 17.2 Å². The molecule has 1 amide bonds. The lowest BCUT2D eigenvalue weighted by Gasteiger charge is -2.16. The van der Waals surface area contributed by atoms with Crippen molar-refractivity contribution in [2.75, 3.05) is 18.6 Å². The third-order valence-electron chi connectivity index (χ3n) is 3.21. The summed E-state index contributed by atoms with van der Waals surface area (Å²) in [7, 11) is 1.62. The summed E-state index contributed by atoms with van der Waals surface area (Å²) in [5, 5.41) is 12.4. The summed E-state index contributed by atoms with van der Waals surface area (Å²) in [6.07, 6.45) is 0. The number of carboxylic acids is 1. The van der Waals surface area contributed by atoms with Crippen molar-refractivity contribution in [1.29, 1.82) is 0 Å². The highest BCUT2D eigenvalue weighted by molar-refractivity contribution is 6.04. The molecule has 0 spiro atoms. The molecule has 7 nitrogen and oxygen atoms in total. The Labute approximate surface area is 133 Å². The first kappa shape index (κ1) is 16.5. The minimum Gasteiger partial charge on any atom is -0.482 e. The van der Waals surface area contributed by atoms with Crippen LogP contribution in [0.2, 0.25) is 0 Å².